The maximum absolute atomic E-state index is 12.2. The monoisotopic (exact) mass is 249 g/mol. The molecular formula is C13H15NO4. The minimum Gasteiger partial charge on any atom is -0.507 e. The summed E-state index contributed by atoms with van der Waals surface area (Å²) in [7, 11) is 0. The zero-order valence-electron chi connectivity index (χ0n) is 9.87. The number of benzene rings is 1. The van der Waals surface area contributed by atoms with Gasteiger partial charge in [0.15, 0.2) is 0 Å². The number of carbonyl (C=O) groups is 2. The standard InChI is InChI=1S/C13H15NO4/c15-11-6-2-1-5-10(11)12(16)14-7-3-4-9(8-14)13(17)18/h1-2,5-6,9,15H,3-4,7-8H2,(H,17,18)/t9-/m0/s1. The Morgan fingerprint density at radius 1 is 1.28 bits per heavy atom. The molecule has 2 rings (SSSR count). The summed E-state index contributed by atoms with van der Waals surface area (Å²) in [5, 5.41) is 18.6. The molecule has 0 radical (unpaired) electrons. The average molecular weight is 249 g/mol. The lowest BCUT2D eigenvalue weighted by atomic mass is 9.97. The van der Waals surface area contributed by atoms with E-state index in [-0.39, 0.29) is 23.8 Å². The molecule has 1 saturated heterocycles. The van der Waals surface area contributed by atoms with Gasteiger partial charge < -0.3 is 15.1 Å². The number of phenols is 1. The number of amides is 1. The van der Waals surface area contributed by atoms with Crippen LogP contribution in [0.4, 0.5) is 0 Å². The molecule has 0 saturated carbocycles. The van der Waals surface area contributed by atoms with Gasteiger partial charge in [-0.25, -0.2) is 0 Å². The molecule has 5 heteroatoms. The molecule has 2 N–H and O–H groups in total. The molecule has 1 aromatic carbocycles. The molecule has 0 aromatic heterocycles. The van der Waals surface area contributed by atoms with Gasteiger partial charge in [0, 0.05) is 13.1 Å². The molecule has 0 aliphatic carbocycles. The average Bonchev–Trinajstić information content (AvgIpc) is 2.38. The smallest absolute Gasteiger partial charge is 0.308 e. The zero-order valence-corrected chi connectivity index (χ0v) is 9.87. The first-order valence-electron chi connectivity index (χ1n) is 5.89. The second kappa shape index (κ2) is 5.08. The van der Waals surface area contributed by atoms with Crippen LogP contribution in [0.3, 0.4) is 0 Å². The fraction of sp³-hybridized carbons (Fsp3) is 0.385. The molecule has 1 atom stereocenters. The van der Waals surface area contributed by atoms with E-state index in [9.17, 15) is 14.7 Å². The van der Waals surface area contributed by atoms with Crippen molar-refractivity contribution < 1.29 is 19.8 Å². The Labute approximate surface area is 105 Å². The molecule has 1 amide bonds. The maximum Gasteiger partial charge on any atom is 0.308 e. The van der Waals surface area contributed by atoms with Gasteiger partial charge in [-0.15, -0.1) is 0 Å². The van der Waals surface area contributed by atoms with Crippen molar-refractivity contribution in [2.45, 2.75) is 12.8 Å². The number of phenolic OH excluding ortho intramolecular Hbond substituents is 1. The summed E-state index contributed by atoms with van der Waals surface area (Å²) in [6.45, 7) is 0.749. The van der Waals surface area contributed by atoms with Crippen LogP contribution in [-0.4, -0.2) is 40.1 Å². The molecule has 1 aromatic rings. The van der Waals surface area contributed by atoms with Crippen LogP contribution in [0.1, 0.15) is 23.2 Å². The molecule has 0 unspecified atom stereocenters. The van der Waals surface area contributed by atoms with Crippen LogP contribution >= 0.6 is 0 Å². The maximum atomic E-state index is 12.2. The van der Waals surface area contributed by atoms with Crippen LogP contribution in [-0.2, 0) is 4.79 Å². The lowest BCUT2D eigenvalue weighted by Crippen LogP contribution is -2.42. The molecule has 18 heavy (non-hydrogen) atoms. The SMILES string of the molecule is O=C(O)[C@H]1CCCN(C(=O)c2ccccc2O)C1. The highest BCUT2D eigenvalue weighted by molar-refractivity contribution is 5.97. The quantitative estimate of drug-likeness (QED) is 0.828. The van der Waals surface area contributed by atoms with E-state index in [1.54, 1.807) is 18.2 Å². The van der Waals surface area contributed by atoms with E-state index in [2.05, 4.69) is 0 Å². The van der Waals surface area contributed by atoms with Crippen LogP contribution in [0.2, 0.25) is 0 Å². The van der Waals surface area contributed by atoms with Crippen molar-refractivity contribution in [3.8, 4) is 5.75 Å². The number of hydrogen-bond donors (Lipinski definition) is 2. The summed E-state index contributed by atoms with van der Waals surface area (Å²) in [6, 6.07) is 6.31. The summed E-state index contributed by atoms with van der Waals surface area (Å²) < 4.78 is 0. The van der Waals surface area contributed by atoms with Gasteiger partial charge in [0.1, 0.15) is 5.75 Å². The fourth-order valence-electron chi connectivity index (χ4n) is 2.19. The van der Waals surface area contributed by atoms with E-state index in [0.29, 0.717) is 19.4 Å². The van der Waals surface area contributed by atoms with Gasteiger partial charge in [-0.1, -0.05) is 12.1 Å². The van der Waals surface area contributed by atoms with Crippen LogP contribution in [0, 0.1) is 5.92 Å². The van der Waals surface area contributed by atoms with Gasteiger partial charge >= 0.3 is 5.97 Å². The van der Waals surface area contributed by atoms with E-state index in [4.69, 9.17) is 5.11 Å². The zero-order chi connectivity index (χ0) is 13.1. The number of carboxylic acid groups (broad SMARTS) is 1. The summed E-state index contributed by atoms with van der Waals surface area (Å²) >= 11 is 0. The van der Waals surface area contributed by atoms with E-state index in [0.717, 1.165) is 0 Å². The highest BCUT2D eigenvalue weighted by Gasteiger charge is 2.29. The van der Waals surface area contributed by atoms with E-state index in [1.165, 1.54) is 11.0 Å². The molecular weight excluding hydrogens is 234 g/mol. The normalized spacial score (nSPS) is 19.6. The Bertz CT molecular complexity index is 472. The number of aliphatic carboxylic acids is 1. The second-order valence-corrected chi connectivity index (χ2v) is 4.45. The van der Waals surface area contributed by atoms with Crippen molar-refractivity contribution in [2.75, 3.05) is 13.1 Å². The van der Waals surface area contributed by atoms with Crippen LogP contribution in [0.5, 0.6) is 5.75 Å². The van der Waals surface area contributed by atoms with Gasteiger partial charge in [-0.3, -0.25) is 9.59 Å². The van der Waals surface area contributed by atoms with Gasteiger partial charge in [-0.2, -0.15) is 0 Å². The lowest BCUT2D eigenvalue weighted by Gasteiger charge is -2.30. The van der Waals surface area contributed by atoms with Crippen LogP contribution < -0.4 is 0 Å². The second-order valence-electron chi connectivity index (χ2n) is 4.45. The number of piperidine rings is 1. The molecule has 1 aliphatic heterocycles. The van der Waals surface area contributed by atoms with Gasteiger partial charge in [-0.05, 0) is 25.0 Å². The topological polar surface area (TPSA) is 77.8 Å². The first-order valence-corrected chi connectivity index (χ1v) is 5.89. The Kier molecular flexibility index (Phi) is 3.50. The predicted octanol–water partition coefficient (Wildman–Crippen LogP) is 1.33. The fourth-order valence-corrected chi connectivity index (χ4v) is 2.19. The molecule has 0 spiro atoms. The number of hydrogen-bond acceptors (Lipinski definition) is 3. The number of rotatable bonds is 2. The molecule has 1 aliphatic rings. The van der Waals surface area contributed by atoms with Crippen molar-refractivity contribution in [3.63, 3.8) is 0 Å². The molecule has 1 fully saturated rings. The van der Waals surface area contributed by atoms with Crippen molar-refractivity contribution in [1.29, 1.82) is 0 Å². The molecule has 0 bridgehead atoms. The van der Waals surface area contributed by atoms with E-state index in [1.807, 2.05) is 0 Å². The number of carbonyl (C=O) groups excluding carboxylic acids is 1. The van der Waals surface area contributed by atoms with Crippen molar-refractivity contribution in [2.24, 2.45) is 5.92 Å². The minimum atomic E-state index is -0.871. The predicted molar refractivity (Wildman–Crippen MR) is 64.4 cm³/mol. The highest BCUT2D eigenvalue weighted by atomic mass is 16.4. The first-order chi connectivity index (χ1) is 8.59. The third-order valence-corrected chi connectivity index (χ3v) is 3.19. The third-order valence-electron chi connectivity index (χ3n) is 3.19. The highest BCUT2D eigenvalue weighted by Crippen LogP contribution is 2.22. The van der Waals surface area contributed by atoms with Gasteiger partial charge in [0.05, 0.1) is 11.5 Å². The van der Waals surface area contributed by atoms with Crippen LogP contribution in [0.15, 0.2) is 24.3 Å². The largest absolute Gasteiger partial charge is 0.507 e. The number of likely N-dealkylation sites (tertiary alicyclic amines) is 1. The first kappa shape index (κ1) is 12.4. The Morgan fingerprint density at radius 2 is 2.00 bits per heavy atom. The number of para-hydroxylation sites is 1. The number of aromatic hydroxyl groups is 1. The van der Waals surface area contributed by atoms with Crippen molar-refractivity contribution in [3.05, 3.63) is 29.8 Å². The van der Waals surface area contributed by atoms with E-state index < -0.39 is 11.9 Å². The minimum absolute atomic E-state index is 0.0695. The third kappa shape index (κ3) is 2.45. The Balaban J connectivity index is 2.14. The molecule has 5 nitrogen and oxygen atoms in total. The van der Waals surface area contributed by atoms with Gasteiger partial charge in [0.25, 0.3) is 5.91 Å². The Hall–Kier alpha value is -2.04. The van der Waals surface area contributed by atoms with E-state index >= 15 is 0 Å². The Morgan fingerprint density at radius 3 is 2.67 bits per heavy atom. The number of nitrogens with zero attached hydrogens (tertiary/aromatic N) is 1. The van der Waals surface area contributed by atoms with Crippen LogP contribution in [0.25, 0.3) is 0 Å². The summed E-state index contributed by atoms with van der Waals surface area (Å²) in [5.74, 6) is -1.75. The summed E-state index contributed by atoms with van der Waals surface area (Å²) in [4.78, 5) is 24.6. The summed E-state index contributed by atoms with van der Waals surface area (Å²) in [6.07, 6.45) is 1.27. The van der Waals surface area contributed by atoms with Gasteiger partial charge in [0.2, 0.25) is 0 Å². The summed E-state index contributed by atoms with van der Waals surface area (Å²) in [5.41, 5.74) is 0.225. The molecule has 1 heterocycles. The van der Waals surface area contributed by atoms with Crippen molar-refractivity contribution in [1.82, 2.24) is 4.90 Å². The number of carboxylic acids is 1. The molecule has 96 valence electrons. The lowest BCUT2D eigenvalue weighted by molar-refractivity contribution is -0.143. The van der Waals surface area contributed by atoms with Crippen molar-refractivity contribution >= 4 is 11.9 Å².